The minimum atomic E-state index is -0.854. The van der Waals surface area contributed by atoms with Gasteiger partial charge in [0.25, 0.3) is 0 Å². The smallest absolute Gasteiger partial charge is 0.221 e. The number of hydrogen-bond acceptors (Lipinski definition) is 2. The lowest BCUT2D eigenvalue weighted by Crippen LogP contribution is -2.53. The minimum absolute atomic E-state index is 0.0674. The Balaban J connectivity index is 2.29. The maximum Gasteiger partial charge on any atom is 0.221 e. The lowest BCUT2D eigenvalue weighted by atomic mass is 9.88. The van der Waals surface area contributed by atoms with Crippen LogP contribution in [0.2, 0.25) is 0 Å². The molecule has 0 aliphatic heterocycles. The number of carbonyl (C=O) groups is 1. The summed E-state index contributed by atoms with van der Waals surface area (Å²) in [4.78, 5) is 10.7. The molecule has 0 aromatic heterocycles. The van der Waals surface area contributed by atoms with Crippen LogP contribution in [0.4, 0.5) is 0 Å². The van der Waals surface area contributed by atoms with Gasteiger partial charge in [0.2, 0.25) is 5.91 Å². The van der Waals surface area contributed by atoms with Gasteiger partial charge in [-0.2, -0.15) is 0 Å². The maximum absolute atomic E-state index is 10.7. The molecule has 1 saturated carbocycles. The van der Waals surface area contributed by atoms with E-state index < -0.39 is 5.72 Å². The highest BCUT2D eigenvalue weighted by molar-refractivity contribution is 5.76. The Hall–Kier alpha value is -0.570. The van der Waals surface area contributed by atoms with Gasteiger partial charge in [-0.1, -0.05) is 6.92 Å². The summed E-state index contributed by atoms with van der Waals surface area (Å²) in [7, 11) is 0. The zero-order valence-corrected chi connectivity index (χ0v) is 6.18. The fourth-order valence-corrected chi connectivity index (χ4v) is 0.985. The molecule has 0 spiro atoms. The summed E-state index contributed by atoms with van der Waals surface area (Å²) in [5.74, 6) is -0.0674. The average Bonchev–Trinajstić information content (AvgIpc) is 1.84. The van der Waals surface area contributed by atoms with Gasteiger partial charge in [-0.3, -0.25) is 4.79 Å². The van der Waals surface area contributed by atoms with Gasteiger partial charge in [-0.05, 0) is 19.3 Å². The second-order valence-corrected chi connectivity index (χ2v) is 2.79. The molecule has 3 heteroatoms. The van der Waals surface area contributed by atoms with Crippen LogP contribution < -0.4 is 5.32 Å². The molecule has 0 aromatic carbocycles. The topological polar surface area (TPSA) is 49.3 Å². The first-order chi connectivity index (χ1) is 4.66. The Morgan fingerprint density at radius 3 is 2.60 bits per heavy atom. The van der Waals surface area contributed by atoms with Crippen molar-refractivity contribution in [2.45, 2.75) is 38.3 Å². The van der Waals surface area contributed by atoms with Crippen LogP contribution in [0.3, 0.4) is 0 Å². The van der Waals surface area contributed by atoms with Gasteiger partial charge < -0.3 is 10.4 Å². The molecule has 0 bridgehead atoms. The van der Waals surface area contributed by atoms with E-state index in [2.05, 4.69) is 5.32 Å². The quantitative estimate of drug-likeness (QED) is 0.549. The zero-order chi connectivity index (χ0) is 7.61. The van der Waals surface area contributed by atoms with E-state index >= 15 is 0 Å². The molecule has 3 nitrogen and oxygen atoms in total. The molecule has 0 saturated heterocycles. The summed E-state index contributed by atoms with van der Waals surface area (Å²) < 4.78 is 0. The number of carbonyl (C=O) groups excluding carboxylic acids is 1. The Morgan fingerprint density at radius 1 is 1.70 bits per heavy atom. The van der Waals surface area contributed by atoms with Gasteiger partial charge >= 0.3 is 0 Å². The second kappa shape index (κ2) is 2.58. The lowest BCUT2D eigenvalue weighted by molar-refractivity contribution is -0.134. The van der Waals surface area contributed by atoms with E-state index in [1.54, 1.807) is 6.92 Å². The molecule has 0 unspecified atom stereocenters. The van der Waals surface area contributed by atoms with Crippen molar-refractivity contribution in [1.82, 2.24) is 5.32 Å². The molecule has 58 valence electrons. The Bertz CT molecular complexity index is 141. The molecular weight excluding hydrogens is 130 g/mol. The highest BCUT2D eigenvalue weighted by atomic mass is 16.3. The highest BCUT2D eigenvalue weighted by Crippen LogP contribution is 2.28. The fourth-order valence-electron chi connectivity index (χ4n) is 0.985. The van der Waals surface area contributed by atoms with Gasteiger partial charge in [-0.15, -0.1) is 0 Å². The van der Waals surface area contributed by atoms with Gasteiger partial charge in [0.1, 0.15) is 5.72 Å². The third-order valence-corrected chi connectivity index (χ3v) is 1.87. The molecule has 1 amide bonds. The molecule has 10 heavy (non-hydrogen) atoms. The first kappa shape index (κ1) is 7.54. The van der Waals surface area contributed by atoms with Crippen LogP contribution in [0.5, 0.6) is 0 Å². The van der Waals surface area contributed by atoms with E-state index in [4.69, 9.17) is 0 Å². The summed E-state index contributed by atoms with van der Waals surface area (Å²) >= 11 is 0. The maximum atomic E-state index is 10.7. The number of rotatable bonds is 2. The first-order valence-corrected chi connectivity index (χ1v) is 3.70. The zero-order valence-electron chi connectivity index (χ0n) is 6.18. The van der Waals surface area contributed by atoms with Crippen LogP contribution in [0.15, 0.2) is 0 Å². The van der Waals surface area contributed by atoms with E-state index in [9.17, 15) is 9.90 Å². The molecule has 2 N–H and O–H groups in total. The van der Waals surface area contributed by atoms with Crippen molar-refractivity contribution >= 4 is 5.91 Å². The molecule has 1 rings (SSSR count). The van der Waals surface area contributed by atoms with Gasteiger partial charge in [0.15, 0.2) is 0 Å². The van der Waals surface area contributed by atoms with Gasteiger partial charge in [0, 0.05) is 6.42 Å². The summed E-state index contributed by atoms with van der Waals surface area (Å²) in [6.07, 6.45) is 2.88. The minimum Gasteiger partial charge on any atom is -0.371 e. The average molecular weight is 143 g/mol. The summed E-state index contributed by atoms with van der Waals surface area (Å²) in [6.45, 7) is 1.78. The van der Waals surface area contributed by atoms with Crippen molar-refractivity contribution in [2.24, 2.45) is 0 Å². The number of nitrogens with one attached hydrogen (secondary N) is 1. The molecule has 1 aliphatic carbocycles. The first-order valence-electron chi connectivity index (χ1n) is 3.70. The van der Waals surface area contributed by atoms with Crippen molar-refractivity contribution in [1.29, 1.82) is 0 Å². The third-order valence-electron chi connectivity index (χ3n) is 1.87. The summed E-state index contributed by atoms with van der Waals surface area (Å²) in [5.41, 5.74) is -0.854. The van der Waals surface area contributed by atoms with Crippen LogP contribution in [0.25, 0.3) is 0 Å². The monoisotopic (exact) mass is 143 g/mol. The lowest BCUT2D eigenvalue weighted by Gasteiger charge is -2.36. The van der Waals surface area contributed by atoms with Crippen LogP contribution in [0, 0.1) is 0 Å². The molecule has 0 aromatic rings. The van der Waals surface area contributed by atoms with E-state index in [-0.39, 0.29) is 5.91 Å². The second-order valence-electron chi connectivity index (χ2n) is 2.79. The molecular formula is C7H13NO2. The van der Waals surface area contributed by atoms with Crippen molar-refractivity contribution in [3.63, 3.8) is 0 Å². The Labute approximate surface area is 60.4 Å². The number of aliphatic hydroxyl groups is 1. The largest absolute Gasteiger partial charge is 0.371 e. The molecule has 1 aliphatic rings. The van der Waals surface area contributed by atoms with E-state index in [0.29, 0.717) is 19.3 Å². The van der Waals surface area contributed by atoms with Crippen LogP contribution >= 0.6 is 0 Å². The van der Waals surface area contributed by atoms with E-state index in [1.165, 1.54) is 0 Å². The third kappa shape index (κ3) is 1.48. The van der Waals surface area contributed by atoms with Crippen molar-refractivity contribution < 1.29 is 9.90 Å². The number of amides is 1. The van der Waals surface area contributed by atoms with Crippen molar-refractivity contribution in [3.8, 4) is 0 Å². The Morgan fingerprint density at radius 2 is 2.30 bits per heavy atom. The molecule has 0 radical (unpaired) electrons. The Kier molecular flexibility index (Phi) is 1.94. The van der Waals surface area contributed by atoms with E-state index in [0.717, 1.165) is 6.42 Å². The molecule has 0 heterocycles. The normalized spacial score (nSPS) is 21.4. The number of hydrogen-bond donors (Lipinski definition) is 2. The van der Waals surface area contributed by atoms with Crippen molar-refractivity contribution in [2.75, 3.05) is 0 Å². The van der Waals surface area contributed by atoms with Gasteiger partial charge in [-0.25, -0.2) is 0 Å². The standard InChI is InChI=1S/C7H13NO2/c1-2-6(9)8-7(10)4-3-5-7/h10H,2-5H2,1H3,(H,8,9). The van der Waals surface area contributed by atoms with Crippen LogP contribution in [-0.4, -0.2) is 16.7 Å². The SMILES string of the molecule is CCC(=O)NC1(O)CCC1. The predicted molar refractivity (Wildman–Crippen MR) is 37.2 cm³/mol. The van der Waals surface area contributed by atoms with Gasteiger partial charge in [0.05, 0.1) is 0 Å². The van der Waals surface area contributed by atoms with Crippen LogP contribution in [0.1, 0.15) is 32.6 Å². The summed E-state index contributed by atoms with van der Waals surface area (Å²) in [6, 6.07) is 0. The molecule has 1 fully saturated rings. The predicted octanol–water partition coefficient (Wildman–Crippen LogP) is 0.385. The highest BCUT2D eigenvalue weighted by Gasteiger charge is 2.35. The van der Waals surface area contributed by atoms with Crippen molar-refractivity contribution in [3.05, 3.63) is 0 Å². The van der Waals surface area contributed by atoms with Crippen LogP contribution in [-0.2, 0) is 4.79 Å². The van der Waals surface area contributed by atoms with E-state index in [1.807, 2.05) is 0 Å². The molecule has 0 atom stereocenters. The summed E-state index contributed by atoms with van der Waals surface area (Å²) in [5, 5.41) is 11.9. The fraction of sp³-hybridized carbons (Fsp3) is 0.857.